The van der Waals surface area contributed by atoms with Crippen molar-refractivity contribution in [3.8, 4) is 5.75 Å². The highest BCUT2D eigenvalue weighted by atomic mass is 35.5. The van der Waals surface area contributed by atoms with Crippen molar-refractivity contribution in [1.82, 2.24) is 24.7 Å². The highest BCUT2D eigenvalue weighted by molar-refractivity contribution is 6.34. The van der Waals surface area contributed by atoms with Gasteiger partial charge in [-0.3, -0.25) is 9.78 Å². The van der Waals surface area contributed by atoms with Crippen LogP contribution in [0.1, 0.15) is 70.5 Å². The molecule has 41 heavy (non-hydrogen) atoms. The molecule has 0 fully saturated rings. The fourth-order valence-electron chi connectivity index (χ4n) is 4.24. The smallest absolute Gasteiger partial charge is 0.424 e. The molecular weight excluding hydrogens is 552 g/mol. The molecule has 0 aromatic carbocycles. The van der Waals surface area contributed by atoms with E-state index in [2.05, 4.69) is 20.1 Å². The minimum absolute atomic E-state index is 0.00470. The first kappa shape index (κ1) is 32.2. The van der Waals surface area contributed by atoms with E-state index in [0.29, 0.717) is 22.5 Å². The Morgan fingerprint density at radius 2 is 1.78 bits per heavy atom. The summed E-state index contributed by atoms with van der Waals surface area (Å²) in [4.78, 5) is 41.0. The Balaban J connectivity index is 2.25. The first-order valence-electron chi connectivity index (χ1n) is 13.2. The fourth-order valence-corrected chi connectivity index (χ4v) is 4.51. The number of methoxy groups -OCH3 is 1. The van der Waals surface area contributed by atoms with Crippen molar-refractivity contribution in [3.05, 3.63) is 33.9 Å². The summed E-state index contributed by atoms with van der Waals surface area (Å²) in [6, 6.07) is 0. The van der Waals surface area contributed by atoms with Crippen molar-refractivity contribution >= 4 is 40.6 Å². The number of anilines is 1. The van der Waals surface area contributed by atoms with E-state index in [0.717, 1.165) is 16.0 Å². The number of halogens is 1. The Morgan fingerprint density at radius 1 is 1.12 bits per heavy atom. The second kappa shape index (κ2) is 12.3. The average molecular weight is 591 g/mol. The molecule has 224 valence electrons. The van der Waals surface area contributed by atoms with Crippen LogP contribution in [0.25, 0.3) is 11.0 Å². The van der Waals surface area contributed by atoms with E-state index < -0.39 is 35.7 Å². The predicted octanol–water partition coefficient (Wildman–Crippen LogP) is 4.15. The van der Waals surface area contributed by atoms with Crippen LogP contribution < -0.4 is 9.64 Å². The Bertz CT molecular complexity index is 1410. The second-order valence-corrected chi connectivity index (χ2v) is 12.5. The zero-order valence-electron chi connectivity index (χ0n) is 25.1. The molecule has 0 aliphatic heterocycles. The zero-order chi connectivity index (χ0) is 30.9. The number of rotatable bonds is 8. The molecule has 1 unspecified atom stereocenters. The minimum Gasteiger partial charge on any atom is -0.496 e. The van der Waals surface area contributed by atoms with Crippen LogP contribution in [-0.4, -0.2) is 72.4 Å². The molecule has 1 atom stereocenters. The first-order valence-corrected chi connectivity index (χ1v) is 13.6. The molecule has 12 nitrogen and oxygen atoms in total. The standard InChI is InChI=1S/C28H39ClN6O6/c1-15-12-30-19(16(2)22(15)40-9)13-34-24-21(18(33-34)10-17(37)14-36)23(29)31-25(32-24)35(20(38)11-27(3,4)5)26(39)41-28(6,7)8/h12,17,36-37H,10-11,13-14H2,1-9H3. The number of amides is 2. The summed E-state index contributed by atoms with van der Waals surface area (Å²) >= 11 is 6.66. The lowest BCUT2D eigenvalue weighted by molar-refractivity contribution is -0.120. The van der Waals surface area contributed by atoms with Gasteiger partial charge in [0.25, 0.3) is 0 Å². The minimum atomic E-state index is -1.11. The monoisotopic (exact) mass is 590 g/mol. The molecule has 0 saturated carbocycles. The highest BCUT2D eigenvalue weighted by Crippen LogP contribution is 2.31. The molecule has 0 aliphatic carbocycles. The first-order chi connectivity index (χ1) is 19.0. The van der Waals surface area contributed by atoms with Crippen LogP contribution in [0.5, 0.6) is 5.75 Å². The number of hydrogen-bond acceptors (Lipinski definition) is 10. The van der Waals surface area contributed by atoms with E-state index in [1.54, 1.807) is 34.1 Å². The van der Waals surface area contributed by atoms with E-state index in [-0.39, 0.29) is 36.1 Å². The molecule has 0 saturated heterocycles. The summed E-state index contributed by atoms with van der Waals surface area (Å²) in [6.07, 6.45) is -0.394. The number of pyridine rings is 1. The number of carbonyl (C=O) groups excluding carboxylic acids is 2. The Morgan fingerprint density at radius 3 is 2.34 bits per heavy atom. The van der Waals surface area contributed by atoms with Crippen LogP contribution in [0.3, 0.4) is 0 Å². The van der Waals surface area contributed by atoms with Crippen molar-refractivity contribution in [3.63, 3.8) is 0 Å². The van der Waals surface area contributed by atoms with Crippen LogP contribution in [0.2, 0.25) is 5.15 Å². The van der Waals surface area contributed by atoms with E-state index in [4.69, 9.17) is 21.1 Å². The third-order valence-corrected chi connectivity index (χ3v) is 6.28. The zero-order valence-corrected chi connectivity index (χ0v) is 25.8. The predicted molar refractivity (Wildman–Crippen MR) is 154 cm³/mol. The summed E-state index contributed by atoms with van der Waals surface area (Å²) in [5, 5.41) is 24.5. The van der Waals surface area contributed by atoms with Gasteiger partial charge < -0.3 is 19.7 Å². The van der Waals surface area contributed by atoms with E-state index in [1.807, 2.05) is 34.6 Å². The molecular formula is C28H39ClN6O6. The van der Waals surface area contributed by atoms with Gasteiger partial charge in [-0.05, 0) is 40.0 Å². The molecule has 2 amide bonds. The van der Waals surface area contributed by atoms with E-state index >= 15 is 0 Å². The summed E-state index contributed by atoms with van der Waals surface area (Å²) in [5.74, 6) is -0.155. The lowest BCUT2D eigenvalue weighted by atomic mass is 9.92. The van der Waals surface area contributed by atoms with Crippen LogP contribution >= 0.6 is 11.6 Å². The van der Waals surface area contributed by atoms with Crippen molar-refractivity contribution in [1.29, 1.82) is 0 Å². The third-order valence-electron chi connectivity index (χ3n) is 6.00. The van der Waals surface area contributed by atoms with Gasteiger partial charge in [0.1, 0.15) is 16.5 Å². The topological polar surface area (TPSA) is 153 Å². The Hall–Kier alpha value is -3.35. The lowest BCUT2D eigenvalue weighted by Crippen LogP contribution is -2.43. The Labute approximate surface area is 244 Å². The van der Waals surface area contributed by atoms with Gasteiger partial charge in [0, 0.05) is 30.2 Å². The van der Waals surface area contributed by atoms with Crippen LogP contribution in [-0.2, 0) is 22.5 Å². The van der Waals surface area contributed by atoms with Gasteiger partial charge in [-0.2, -0.15) is 20.0 Å². The summed E-state index contributed by atoms with van der Waals surface area (Å²) < 4.78 is 12.6. The fraction of sp³-hybridized carbons (Fsp3) is 0.571. The van der Waals surface area contributed by atoms with Crippen LogP contribution in [0.15, 0.2) is 6.20 Å². The second-order valence-electron chi connectivity index (χ2n) is 12.2. The van der Waals surface area contributed by atoms with Gasteiger partial charge in [-0.25, -0.2) is 9.48 Å². The summed E-state index contributed by atoms with van der Waals surface area (Å²) in [5.41, 5.74) is 1.49. The van der Waals surface area contributed by atoms with Crippen molar-refractivity contribution in [2.45, 2.75) is 86.5 Å². The molecule has 3 aromatic rings. The Kier molecular flexibility index (Phi) is 9.62. The van der Waals surface area contributed by atoms with Gasteiger partial charge in [0.05, 0.1) is 43.1 Å². The van der Waals surface area contributed by atoms with Gasteiger partial charge in [-0.15, -0.1) is 0 Å². The summed E-state index contributed by atoms with van der Waals surface area (Å²) in [6.45, 7) is 14.1. The molecule has 3 rings (SSSR count). The largest absolute Gasteiger partial charge is 0.496 e. The highest BCUT2D eigenvalue weighted by Gasteiger charge is 2.34. The van der Waals surface area contributed by atoms with Crippen molar-refractivity contribution in [2.24, 2.45) is 5.41 Å². The number of carbonyl (C=O) groups is 2. The number of ether oxygens (including phenoxy) is 2. The van der Waals surface area contributed by atoms with Crippen LogP contribution in [0, 0.1) is 19.3 Å². The van der Waals surface area contributed by atoms with Crippen LogP contribution in [0.4, 0.5) is 10.7 Å². The third kappa shape index (κ3) is 7.69. The maximum Gasteiger partial charge on any atom is 0.424 e. The normalized spacial score (nSPS) is 12.9. The molecule has 3 aromatic heterocycles. The summed E-state index contributed by atoms with van der Waals surface area (Å²) in [7, 11) is 1.58. The molecule has 13 heteroatoms. The van der Waals surface area contributed by atoms with Gasteiger partial charge in [0.15, 0.2) is 5.65 Å². The molecule has 0 aliphatic rings. The van der Waals surface area contributed by atoms with E-state index in [9.17, 15) is 19.8 Å². The van der Waals surface area contributed by atoms with Crippen molar-refractivity contribution < 1.29 is 29.3 Å². The van der Waals surface area contributed by atoms with Gasteiger partial charge in [-0.1, -0.05) is 32.4 Å². The number of aliphatic hydroxyl groups is 2. The number of imide groups is 1. The number of aromatic nitrogens is 5. The SMILES string of the molecule is COc1c(C)cnc(Cn2nc(CC(O)CO)c3c(Cl)nc(N(C(=O)CC(C)(C)C)C(=O)OC(C)(C)C)nc32)c1C. The number of aliphatic hydroxyl groups excluding tert-OH is 2. The van der Waals surface area contributed by atoms with Gasteiger partial charge in [0.2, 0.25) is 11.9 Å². The quantitative estimate of drug-likeness (QED) is 0.366. The van der Waals surface area contributed by atoms with Gasteiger partial charge >= 0.3 is 6.09 Å². The number of nitrogens with zero attached hydrogens (tertiary/aromatic N) is 6. The van der Waals surface area contributed by atoms with E-state index in [1.165, 1.54) is 4.68 Å². The molecule has 3 heterocycles. The average Bonchev–Trinajstić information content (AvgIpc) is 3.16. The molecule has 0 spiro atoms. The molecule has 0 radical (unpaired) electrons. The number of hydrogen-bond donors (Lipinski definition) is 2. The lowest BCUT2D eigenvalue weighted by Gasteiger charge is -2.27. The number of fused-ring (bicyclic) bond motifs is 1. The van der Waals surface area contributed by atoms with Crippen molar-refractivity contribution in [2.75, 3.05) is 18.6 Å². The number of aryl methyl sites for hydroxylation is 1. The molecule has 2 N–H and O–H groups in total. The maximum absolute atomic E-state index is 13.4. The maximum atomic E-state index is 13.4. The molecule has 0 bridgehead atoms.